The minimum Gasteiger partial charge on any atom is -0.356 e. The minimum atomic E-state index is 0.161. The lowest BCUT2D eigenvalue weighted by atomic mass is 9.95. The Bertz CT molecular complexity index is 736. The van der Waals surface area contributed by atoms with E-state index in [0.717, 1.165) is 56.9 Å². The van der Waals surface area contributed by atoms with E-state index in [2.05, 4.69) is 41.4 Å². The number of nitrogens with zero attached hydrogens (tertiary/aromatic N) is 1. The fourth-order valence-corrected chi connectivity index (χ4v) is 3.85. The first-order valence-corrected chi connectivity index (χ1v) is 10.3. The molecule has 1 saturated heterocycles. The molecule has 27 heavy (non-hydrogen) atoms. The molecule has 0 bridgehead atoms. The Labute approximate surface area is 167 Å². The molecule has 2 aromatic carbocycles. The van der Waals surface area contributed by atoms with Gasteiger partial charge in [0.1, 0.15) is 0 Å². The fourth-order valence-electron chi connectivity index (χ4n) is 3.72. The maximum Gasteiger partial charge on any atom is 0.223 e. The zero-order valence-corrected chi connectivity index (χ0v) is 16.8. The third-order valence-corrected chi connectivity index (χ3v) is 5.55. The van der Waals surface area contributed by atoms with E-state index in [-0.39, 0.29) is 11.8 Å². The van der Waals surface area contributed by atoms with Gasteiger partial charge in [0, 0.05) is 24.0 Å². The Kier molecular flexibility index (Phi) is 7.31. The van der Waals surface area contributed by atoms with Crippen molar-refractivity contribution in [2.75, 3.05) is 19.6 Å². The van der Waals surface area contributed by atoms with Gasteiger partial charge in [0.15, 0.2) is 0 Å². The SMILES string of the molecule is Cc1cccc(CN2CCC(C(=O)NCCCc3ccc(Cl)cc3)CC2)c1. The van der Waals surface area contributed by atoms with Crippen LogP contribution in [0.1, 0.15) is 36.0 Å². The largest absolute Gasteiger partial charge is 0.356 e. The van der Waals surface area contributed by atoms with Gasteiger partial charge >= 0.3 is 0 Å². The zero-order valence-electron chi connectivity index (χ0n) is 16.1. The molecule has 3 rings (SSSR count). The number of halogens is 1. The predicted octanol–water partition coefficient (Wildman–Crippen LogP) is 4.61. The number of amides is 1. The summed E-state index contributed by atoms with van der Waals surface area (Å²) in [6.07, 6.45) is 3.83. The van der Waals surface area contributed by atoms with Crippen molar-refractivity contribution < 1.29 is 4.79 Å². The number of likely N-dealkylation sites (tertiary alicyclic amines) is 1. The fraction of sp³-hybridized carbons (Fsp3) is 0.435. The molecule has 1 heterocycles. The lowest BCUT2D eigenvalue weighted by Gasteiger charge is -2.31. The number of hydrogen-bond acceptors (Lipinski definition) is 2. The maximum atomic E-state index is 12.4. The van der Waals surface area contributed by atoms with E-state index >= 15 is 0 Å². The van der Waals surface area contributed by atoms with Crippen molar-refractivity contribution in [1.82, 2.24) is 10.2 Å². The number of rotatable bonds is 7. The van der Waals surface area contributed by atoms with Gasteiger partial charge in [-0.25, -0.2) is 0 Å². The van der Waals surface area contributed by atoms with Crippen molar-refractivity contribution in [1.29, 1.82) is 0 Å². The molecule has 0 aromatic heterocycles. The molecular weight excluding hydrogens is 356 g/mol. The topological polar surface area (TPSA) is 32.3 Å². The number of benzene rings is 2. The van der Waals surface area contributed by atoms with Gasteiger partial charge in [0.2, 0.25) is 5.91 Å². The smallest absolute Gasteiger partial charge is 0.223 e. The molecule has 0 atom stereocenters. The standard InChI is InChI=1S/C23H29ClN2O/c1-18-4-2-5-20(16-18)17-26-14-11-21(12-15-26)23(27)25-13-3-6-19-7-9-22(24)10-8-19/h2,4-5,7-10,16,21H,3,6,11-15,17H2,1H3,(H,25,27). The predicted molar refractivity (Wildman–Crippen MR) is 112 cm³/mol. The normalized spacial score (nSPS) is 15.6. The van der Waals surface area contributed by atoms with Crippen LogP contribution in [-0.2, 0) is 17.8 Å². The second-order valence-corrected chi connectivity index (χ2v) is 8.00. The van der Waals surface area contributed by atoms with Crippen LogP contribution in [0.3, 0.4) is 0 Å². The van der Waals surface area contributed by atoms with Gasteiger partial charge in [-0.2, -0.15) is 0 Å². The third-order valence-electron chi connectivity index (χ3n) is 5.30. The Morgan fingerprint density at radius 3 is 2.56 bits per heavy atom. The van der Waals surface area contributed by atoms with Gasteiger partial charge in [-0.1, -0.05) is 53.6 Å². The molecule has 0 spiro atoms. The number of piperidine rings is 1. The summed E-state index contributed by atoms with van der Waals surface area (Å²) >= 11 is 5.90. The molecule has 1 fully saturated rings. The third kappa shape index (κ3) is 6.37. The molecule has 1 aliphatic rings. The van der Waals surface area contributed by atoms with Crippen LogP contribution < -0.4 is 5.32 Å². The van der Waals surface area contributed by atoms with E-state index in [4.69, 9.17) is 11.6 Å². The van der Waals surface area contributed by atoms with Crippen molar-refractivity contribution in [3.05, 3.63) is 70.2 Å². The Hall–Kier alpha value is -1.84. The lowest BCUT2D eigenvalue weighted by Crippen LogP contribution is -2.40. The average Bonchev–Trinajstić information content (AvgIpc) is 2.67. The molecule has 1 aliphatic heterocycles. The van der Waals surface area contributed by atoms with Crippen molar-refractivity contribution in [3.63, 3.8) is 0 Å². The zero-order chi connectivity index (χ0) is 19.1. The van der Waals surface area contributed by atoms with Crippen LogP contribution in [0.15, 0.2) is 48.5 Å². The highest BCUT2D eigenvalue weighted by molar-refractivity contribution is 6.30. The number of carbonyl (C=O) groups excluding carboxylic acids is 1. The maximum absolute atomic E-state index is 12.4. The average molecular weight is 385 g/mol. The molecule has 1 amide bonds. The van der Waals surface area contributed by atoms with Crippen LogP contribution in [0.5, 0.6) is 0 Å². The molecule has 144 valence electrons. The first kappa shape index (κ1) is 19.9. The summed E-state index contributed by atoms with van der Waals surface area (Å²) in [4.78, 5) is 14.9. The molecule has 0 unspecified atom stereocenters. The molecule has 3 nitrogen and oxygen atoms in total. The van der Waals surface area contributed by atoms with Gasteiger partial charge in [-0.05, 0) is 69.0 Å². The van der Waals surface area contributed by atoms with E-state index in [0.29, 0.717) is 0 Å². The summed E-state index contributed by atoms with van der Waals surface area (Å²) in [5, 5.41) is 3.89. The summed E-state index contributed by atoms with van der Waals surface area (Å²) < 4.78 is 0. The minimum absolute atomic E-state index is 0.161. The van der Waals surface area contributed by atoms with Crippen LogP contribution in [-0.4, -0.2) is 30.4 Å². The van der Waals surface area contributed by atoms with E-state index in [1.807, 2.05) is 24.3 Å². The quantitative estimate of drug-likeness (QED) is 0.707. The van der Waals surface area contributed by atoms with Crippen LogP contribution in [0.25, 0.3) is 0 Å². The summed E-state index contributed by atoms with van der Waals surface area (Å²) in [7, 11) is 0. The number of aryl methyl sites for hydroxylation is 2. The van der Waals surface area contributed by atoms with E-state index in [9.17, 15) is 4.79 Å². The highest BCUT2D eigenvalue weighted by Crippen LogP contribution is 2.19. The summed E-state index contributed by atoms with van der Waals surface area (Å²) in [6, 6.07) is 16.6. The second kappa shape index (κ2) is 9.91. The monoisotopic (exact) mass is 384 g/mol. The van der Waals surface area contributed by atoms with Crippen LogP contribution in [0.4, 0.5) is 0 Å². The van der Waals surface area contributed by atoms with Crippen LogP contribution in [0, 0.1) is 12.8 Å². The molecule has 0 saturated carbocycles. The van der Waals surface area contributed by atoms with Crippen molar-refractivity contribution >= 4 is 17.5 Å². The summed E-state index contributed by atoms with van der Waals surface area (Å²) in [5.41, 5.74) is 3.93. The van der Waals surface area contributed by atoms with E-state index in [1.54, 1.807) is 0 Å². The number of nitrogens with one attached hydrogen (secondary N) is 1. The first-order chi connectivity index (χ1) is 13.1. The van der Waals surface area contributed by atoms with Crippen LogP contribution >= 0.6 is 11.6 Å². The molecule has 2 aromatic rings. The van der Waals surface area contributed by atoms with Gasteiger partial charge in [-0.15, -0.1) is 0 Å². The summed E-state index contributed by atoms with van der Waals surface area (Å²) in [5.74, 6) is 0.385. The Balaban J connectivity index is 1.34. The number of carbonyl (C=O) groups is 1. The second-order valence-electron chi connectivity index (χ2n) is 7.56. The van der Waals surface area contributed by atoms with Gasteiger partial charge < -0.3 is 5.32 Å². The first-order valence-electron chi connectivity index (χ1n) is 9.90. The van der Waals surface area contributed by atoms with Gasteiger partial charge in [-0.3, -0.25) is 9.69 Å². The van der Waals surface area contributed by atoms with Crippen molar-refractivity contribution in [2.45, 2.75) is 39.2 Å². The molecule has 0 radical (unpaired) electrons. The Morgan fingerprint density at radius 2 is 1.85 bits per heavy atom. The Morgan fingerprint density at radius 1 is 1.11 bits per heavy atom. The van der Waals surface area contributed by atoms with Gasteiger partial charge in [0.25, 0.3) is 0 Å². The highest BCUT2D eigenvalue weighted by atomic mass is 35.5. The molecular formula is C23H29ClN2O. The highest BCUT2D eigenvalue weighted by Gasteiger charge is 2.24. The van der Waals surface area contributed by atoms with Crippen molar-refractivity contribution in [2.24, 2.45) is 5.92 Å². The van der Waals surface area contributed by atoms with Crippen LogP contribution in [0.2, 0.25) is 5.02 Å². The van der Waals surface area contributed by atoms with Gasteiger partial charge in [0.05, 0.1) is 0 Å². The number of hydrogen-bond donors (Lipinski definition) is 1. The van der Waals surface area contributed by atoms with Crippen molar-refractivity contribution in [3.8, 4) is 0 Å². The lowest BCUT2D eigenvalue weighted by molar-refractivity contribution is -0.126. The molecule has 4 heteroatoms. The van der Waals surface area contributed by atoms with E-state index in [1.165, 1.54) is 16.7 Å². The van der Waals surface area contributed by atoms with E-state index < -0.39 is 0 Å². The molecule has 0 aliphatic carbocycles. The molecule has 1 N–H and O–H groups in total. The summed E-state index contributed by atoms with van der Waals surface area (Å²) in [6.45, 7) is 5.85.